The Kier molecular flexibility index (Phi) is 5.53. The van der Waals surface area contributed by atoms with Crippen LogP contribution >= 0.6 is 0 Å². The molecule has 0 aromatic carbocycles. The number of aliphatic imine (C=N–C) groups is 1. The van der Waals surface area contributed by atoms with Crippen molar-refractivity contribution in [3.8, 4) is 0 Å². The van der Waals surface area contributed by atoms with E-state index in [0.717, 1.165) is 32.5 Å². The van der Waals surface area contributed by atoms with E-state index in [4.69, 9.17) is 4.52 Å². The first-order valence-electron chi connectivity index (χ1n) is 7.28. The SMILES string of the molecule is CCNC(=NCc1noc(C)n1)NCC(=O)N1CCCC1. The van der Waals surface area contributed by atoms with Gasteiger partial charge in [0.2, 0.25) is 11.8 Å². The van der Waals surface area contributed by atoms with Crippen LogP contribution in [0.5, 0.6) is 0 Å². The molecule has 1 fully saturated rings. The summed E-state index contributed by atoms with van der Waals surface area (Å²) in [6.45, 7) is 6.69. The lowest BCUT2D eigenvalue weighted by atomic mass is 10.4. The summed E-state index contributed by atoms with van der Waals surface area (Å²) < 4.78 is 4.89. The Morgan fingerprint density at radius 3 is 2.76 bits per heavy atom. The third-order valence-corrected chi connectivity index (χ3v) is 3.16. The molecule has 0 aliphatic carbocycles. The zero-order valence-electron chi connectivity index (χ0n) is 12.6. The Labute approximate surface area is 124 Å². The lowest BCUT2D eigenvalue weighted by molar-refractivity contribution is -0.128. The van der Waals surface area contributed by atoms with Crippen LogP contribution in [0.4, 0.5) is 0 Å². The molecule has 1 aromatic heterocycles. The quantitative estimate of drug-likeness (QED) is 0.589. The van der Waals surface area contributed by atoms with Crippen LogP contribution < -0.4 is 10.6 Å². The Morgan fingerprint density at radius 2 is 2.14 bits per heavy atom. The van der Waals surface area contributed by atoms with Crippen molar-refractivity contribution in [1.82, 2.24) is 25.7 Å². The van der Waals surface area contributed by atoms with Gasteiger partial charge >= 0.3 is 0 Å². The van der Waals surface area contributed by atoms with Crippen molar-refractivity contribution in [2.75, 3.05) is 26.2 Å². The number of aromatic nitrogens is 2. The molecule has 8 nitrogen and oxygen atoms in total. The van der Waals surface area contributed by atoms with E-state index >= 15 is 0 Å². The van der Waals surface area contributed by atoms with Crippen molar-refractivity contribution < 1.29 is 9.32 Å². The van der Waals surface area contributed by atoms with E-state index in [2.05, 4.69) is 25.8 Å². The number of carbonyl (C=O) groups is 1. The van der Waals surface area contributed by atoms with Crippen LogP contribution in [-0.4, -0.2) is 53.1 Å². The van der Waals surface area contributed by atoms with E-state index in [-0.39, 0.29) is 12.5 Å². The summed E-state index contributed by atoms with van der Waals surface area (Å²) in [5, 5.41) is 9.91. The molecule has 1 aliphatic rings. The molecule has 0 radical (unpaired) electrons. The maximum atomic E-state index is 12.0. The van der Waals surface area contributed by atoms with Gasteiger partial charge in [-0.1, -0.05) is 5.16 Å². The third-order valence-electron chi connectivity index (χ3n) is 3.16. The first kappa shape index (κ1) is 15.3. The topological polar surface area (TPSA) is 95.6 Å². The summed E-state index contributed by atoms with van der Waals surface area (Å²) in [4.78, 5) is 22.3. The molecule has 0 atom stereocenters. The molecule has 0 spiro atoms. The minimum absolute atomic E-state index is 0.105. The van der Waals surface area contributed by atoms with Gasteiger partial charge < -0.3 is 20.1 Å². The van der Waals surface area contributed by atoms with Gasteiger partial charge in [-0.2, -0.15) is 4.98 Å². The normalized spacial score (nSPS) is 15.3. The van der Waals surface area contributed by atoms with Crippen LogP contribution in [-0.2, 0) is 11.3 Å². The first-order chi connectivity index (χ1) is 10.2. The van der Waals surface area contributed by atoms with Gasteiger partial charge in [0, 0.05) is 26.6 Å². The Hall–Kier alpha value is -2.12. The van der Waals surface area contributed by atoms with Crippen LogP contribution in [0.25, 0.3) is 0 Å². The summed E-state index contributed by atoms with van der Waals surface area (Å²) >= 11 is 0. The molecule has 2 N–H and O–H groups in total. The maximum Gasteiger partial charge on any atom is 0.241 e. The highest BCUT2D eigenvalue weighted by molar-refractivity contribution is 5.86. The summed E-state index contributed by atoms with van der Waals surface area (Å²) in [5.41, 5.74) is 0. The molecule has 1 saturated heterocycles. The summed E-state index contributed by atoms with van der Waals surface area (Å²) in [7, 11) is 0. The Morgan fingerprint density at radius 1 is 1.38 bits per heavy atom. The number of guanidine groups is 1. The number of aryl methyl sites for hydroxylation is 1. The lowest BCUT2D eigenvalue weighted by Gasteiger charge is -2.17. The molecule has 0 unspecified atom stereocenters. The van der Waals surface area contributed by atoms with Gasteiger partial charge in [-0.25, -0.2) is 4.99 Å². The third kappa shape index (κ3) is 4.73. The van der Waals surface area contributed by atoms with Crippen molar-refractivity contribution >= 4 is 11.9 Å². The molecule has 0 saturated carbocycles. The lowest BCUT2D eigenvalue weighted by Crippen LogP contribution is -2.44. The largest absolute Gasteiger partial charge is 0.357 e. The van der Waals surface area contributed by atoms with Gasteiger partial charge in [0.1, 0.15) is 6.54 Å². The average molecular weight is 294 g/mol. The predicted molar refractivity (Wildman–Crippen MR) is 77.7 cm³/mol. The summed E-state index contributed by atoms with van der Waals surface area (Å²) in [6.07, 6.45) is 2.19. The fraction of sp³-hybridized carbons (Fsp3) is 0.692. The van der Waals surface area contributed by atoms with Crippen LogP contribution in [0.3, 0.4) is 0 Å². The van der Waals surface area contributed by atoms with E-state index in [0.29, 0.717) is 24.2 Å². The van der Waals surface area contributed by atoms with Gasteiger partial charge in [0.15, 0.2) is 11.8 Å². The number of likely N-dealkylation sites (tertiary alicyclic amines) is 1. The first-order valence-corrected chi connectivity index (χ1v) is 7.28. The van der Waals surface area contributed by atoms with Crippen LogP contribution in [0.2, 0.25) is 0 Å². The van der Waals surface area contributed by atoms with Crippen molar-refractivity contribution in [2.45, 2.75) is 33.2 Å². The molecule has 1 amide bonds. The van der Waals surface area contributed by atoms with Crippen molar-refractivity contribution in [1.29, 1.82) is 0 Å². The fourth-order valence-corrected chi connectivity index (χ4v) is 2.13. The molecule has 2 heterocycles. The van der Waals surface area contributed by atoms with E-state index in [1.165, 1.54) is 0 Å². The second kappa shape index (κ2) is 7.61. The molecule has 0 bridgehead atoms. The maximum absolute atomic E-state index is 12.0. The van der Waals surface area contributed by atoms with Crippen molar-refractivity contribution in [2.24, 2.45) is 4.99 Å². The van der Waals surface area contributed by atoms with E-state index in [1.54, 1.807) is 6.92 Å². The zero-order valence-corrected chi connectivity index (χ0v) is 12.6. The standard InChI is InChI=1S/C13H22N6O2/c1-3-14-13(15-8-11-17-10(2)21-18-11)16-9-12(20)19-6-4-5-7-19/h3-9H2,1-2H3,(H2,14,15,16). The molecule has 116 valence electrons. The van der Waals surface area contributed by atoms with Gasteiger partial charge in [-0.05, 0) is 19.8 Å². The molecule has 8 heteroatoms. The number of amides is 1. The Balaban J connectivity index is 1.84. The smallest absolute Gasteiger partial charge is 0.241 e. The highest BCUT2D eigenvalue weighted by Gasteiger charge is 2.17. The number of hydrogen-bond acceptors (Lipinski definition) is 5. The minimum Gasteiger partial charge on any atom is -0.357 e. The number of hydrogen-bond donors (Lipinski definition) is 2. The van der Waals surface area contributed by atoms with Crippen molar-refractivity contribution in [3.63, 3.8) is 0 Å². The second-order valence-corrected chi connectivity index (χ2v) is 4.87. The van der Waals surface area contributed by atoms with E-state index in [9.17, 15) is 4.79 Å². The van der Waals surface area contributed by atoms with Crippen LogP contribution in [0, 0.1) is 6.92 Å². The van der Waals surface area contributed by atoms with Gasteiger partial charge in [0.05, 0.1) is 6.54 Å². The average Bonchev–Trinajstić information content (AvgIpc) is 3.13. The van der Waals surface area contributed by atoms with E-state index in [1.807, 2.05) is 11.8 Å². The second-order valence-electron chi connectivity index (χ2n) is 4.87. The fourth-order valence-electron chi connectivity index (χ4n) is 2.13. The minimum atomic E-state index is 0.105. The number of nitrogens with one attached hydrogen (secondary N) is 2. The molecule has 1 aliphatic heterocycles. The molecular formula is C13H22N6O2. The highest BCUT2D eigenvalue weighted by Crippen LogP contribution is 2.06. The van der Waals surface area contributed by atoms with Gasteiger partial charge in [-0.3, -0.25) is 4.79 Å². The van der Waals surface area contributed by atoms with Crippen LogP contribution in [0.15, 0.2) is 9.52 Å². The predicted octanol–water partition coefficient (Wildman–Crippen LogP) is 0.0555. The molecular weight excluding hydrogens is 272 g/mol. The summed E-state index contributed by atoms with van der Waals surface area (Å²) in [5.74, 6) is 1.72. The Bertz CT molecular complexity index is 493. The summed E-state index contributed by atoms with van der Waals surface area (Å²) in [6, 6.07) is 0. The van der Waals surface area contributed by atoms with E-state index < -0.39 is 0 Å². The zero-order chi connectivity index (χ0) is 15.1. The molecule has 2 rings (SSSR count). The van der Waals surface area contributed by atoms with Crippen LogP contribution in [0.1, 0.15) is 31.5 Å². The van der Waals surface area contributed by atoms with Gasteiger partial charge in [0.25, 0.3) is 0 Å². The molecule has 1 aromatic rings. The number of nitrogens with zero attached hydrogens (tertiary/aromatic N) is 4. The monoisotopic (exact) mass is 294 g/mol. The van der Waals surface area contributed by atoms with Crippen molar-refractivity contribution in [3.05, 3.63) is 11.7 Å². The number of carbonyl (C=O) groups excluding carboxylic acids is 1. The molecule has 21 heavy (non-hydrogen) atoms. The highest BCUT2D eigenvalue weighted by atomic mass is 16.5. The van der Waals surface area contributed by atoms with Gasteiger partial charge in [-0.15, -0.1) is 0 Å². The number of rotatable bonds is 5.